The zero-order valence-electron chi connectivity index (χ0n) is 13.5. The van der Waals surface area contributed by atoms with Gasteiger partial charge in [0.2, 0.25) is 11.8 Å². The van der Waals surface area contributed by atoms with Gasteiger partial charge in [0, 0.05) is 39.3 Å². The molecule has 0 radical (unpaired) electrons. The Morgan fingerprint density at radius 2 is 2.13 bits per heavy atom. The molecule has 1 aromatic heterocycles. The smallest absolute Gasteiger partial charge is 0.234 e. The summed E-state index contributed by atoms with van der Waals surface area (Å²) in [6.07, 6.45) is 2.85. The Morgan fingerprint density at radius 1 is 1.30 bits per heavy atom. The summed E-state index contributed by atoms with van der Waals surface area (Å²) in [6.45, 7) is 5.55. The Balaban J connectivity index is 1.59. The van der Waals surface area contributed by atoms with Crippen molar-refractivity contribution in [3.05, 3.63) is 24.4 Å². The number of likely N-dealkylation sites (tertiary alicyclic amines) is 1. The van der Waals surface area contributed by atoms with E-state index in [0.29, 0.717) is 25.6 Å². The first-order chi connectivity index (χ1) is 11.1. The van der Waals surface area contributed by atoms with Crippen molar-refractivity contribution in [3.8, 4) is 0 Å². The number of hydrogen-bond acceptors (Lipinski definition) is 5. The predicted octanol–water partition coefficient (Wildman–Crippen LogP) is 0.0677. The number of anilines is 1. The highest BCUT2D eigenvalue weighted by Gasteiger charge is 2.23. The molecule has 1 saturated heterocycles. The van der Waals surface area contributed by atoms with E-state index >= 15 is 0 Å². The monoisotopic (exact) mass is 319 g/mol. The fourth-order valence-electron chi connectivity index (χ4n) is 2.64. The zero-order valence-corrected chi connectivity index (χ0v) is 13.5. The van der Waals surface area contributed by atoms with E-state index in [1.165, 1.54) is 6.92 Å². The lowest BCUT2D eigenvalue weighted by Gasteiger charge is -2.16. The van der Waals surface area contributed by atoms with Gasteiger partial charge >= 0.3 is 0 Å². The van der Waals surface area contributed by atoms with E-state index in [1.54, 1.807) is 6.20 Å². The van der Waals surface area contributed by atoms with E-state index in [4.69, 9.17) is 0 Å². The summed E-state index contributed by atoms with van der Waals surface area (Å²) in [4.78, 5) is 29.0. The summed E-state index contributed by atoms with van der Waals surface area (Å²) in [5, 5.41) is 8.80. The molecule has 2 heterocycles. The first kappa shape index (κ1) is 17.2. The fourth-order valence-corrected chi connectivity index (χ4v) is 2.64. The third-order valence-corrected chi connectivity index (χ3v) is 3.80. The molecule has 0 aliphatic carbocycles. The van der Waals surface area contributed by atoms with E-state index in [1.807, 2.05) is 18.2 Å². The number of carbonyl (C=O) groups excluding carboxylic acids is 2. The van der Waals surface area contributed by atoms with Gasteiger partial charge in [-0.2, -0.15) is 0 Å². The van der Waals surface area contributed by atoms with Gasteiger partial charge in [-0.05, 0) is 31.0 Å². The van der Waals surface area contributed by atoms with E-state index < -0.39 is 0 Å². The molecule has 0 spiro atoms. The molecule has 1 aliphatic heterocycles. The molecule has 23 heavy (non-hydrogen) atoms. The Kier molecular flexibility index (Phi) is 6.80. The van der Waals surface area contributed by atoms with Crippen molar-refractivity contribution in [1.82, 2.24) is 20.5 Å². The number of hydrogen-bond donors (Lipinski definition) is 3. The molecule has 2 amide bonds. The normalized spacial score (nSPS) is 17.7. The predicted molar refractivity (Wildman–Crippen MR) is 89.0 cm³/mol. The molecule has 7 nitrogen and oxygen atoms in total. The standard InChI is InChI=1S/C16H25N5O2/c1-13(22)17-7-8-19-16(23)12-21-9-5-14(11-21)10-20-15-4-2-3-6-18-15/h2-4,6,14H,5,7-12H2,1H3,(H,17,22)(H,18,20)(H,19,23). The fraction of sp³-hybridized carbons (Fsp3) is 0.562. The summed E-state index contributed by atoms with van der Waals surface area (Å²) in [7, 11) is 0. The van der Waals surface area contributed by atoms with Gasteiger partial charge in [0.15, 0.2) is 0 Å². The van der Waals surface area contributed by atoms with Gasteiger partial charge in [-0.3, -0.25) is 14.5 Å². The molecular weight excluding hydrogens is 294 g/mol. The number of pyridine rings is 1. The second-order valence-corrected chi connectivity index (χ2v) is 5.82. The molecule has 1 unspecified atom stereocenters. The summed E-state index contributed by atoms with van der Waals surface area (Å²) >= 11 is 0. The van der Waals surface area contributed by atoms with Crippen LogP contribution in [0.1, 0.15) is 13.3 Å². The topological polar surface area (TPSA) is 86.4 Å². The van der Waals surface area contributed by atoms with Gasteiger partial charge in [-0.1, -0.05) is 6.07 Å². The molecule has 0 bridgehead atoms. The molecule has 1 fully saturated rings. The number of aromatic nitrogens is 1. The maximum Gasteiger partial charge on any atom is 0.234 e. The lowest BCUT2D eigenvalue weighted by molar-refractivity contribution is -0.122. The van der Waals surface area contributed by atoms with Gasteiger partial charge in [-0.15, -0.1) is 0 Å². The van der Waals surface area contributed by atoms with Crippen LogP contribution in [0.2, 0.25) is 0 Å². The SMILES string of the molecule is CC(=O)NCCNC(=O)CN1CCC(CNc2ccccn2)C1. The highest BCUT2D eigenvalue weighted by Crippen LogP contribution is 2.16. The van der Waals surface area contributed by atoms with E-state index in [9.17, 15) is 9.59 Å². The van der Waals surface area contributed by atoms with Crippen molar-refractivity contribution < 1.29 is 9.59 Å². The van der Waals surface area contributed by atoms with Crippen LogP contribution in [0.15, 0.2) is 24.4 Å². The van der Waals surface area contributed by atoms with Crippen LogP contribution in [0.4, 0.5) is 5.82 Å². The highest BCUT2D eigenvalue weighted by molar-refractivity contribution is 5.78. The van der Waals surface area contributed by atoms with Crippen LogP contribution >= 0.6 is 0 Å². The minimum atomic E-state index is -0.0814. The van der Waals surface area contributed by atoms with Crippen molar-refractivity contribution in [3.63, 3.8) is 0 Å². The Morgan fingerprint density at radius 3 is 2.87 bits per heavy atom. The van der Waals surface area contributed by atoms with Crippen molar-refractivity contribution in [2.24, 2.45) is 5.92 Å². The van der Waals surface area contributed by atoms with Gasteiger partial charge < -0.3 is 16.0 Å². The van der Waals surface area contributed by atoms with Gasteiger partial charge in [0.1, 0.15) is 5.82 Å². The second kappa shape index (κ2) is 9.09. The van der Waals surface area contributed by atoms with E-state index in [2.05, 4.69) is 25.8 Å². The Hall–Kier alpha value is -2.15. The van der Waals surface area contributed by atoms with Crippen molar-refractivity contribution in [2.45, 2.75) is 13.3 Å². The average Bonchev–Trinajstić information content (AvgIpc) is 2.98. The van der Waals surface area contributed by atoms with Crippen LogP contribution in [-0.4, -0.2) is 61.0 Å². The summed E-state index contributed by atoms with van der Waals surface area (Å²) in [5.41, 5.74) is 0. The minimum absolute atomic E-state index is 0.00804. The molecular formula is C16H25N5O2. The number of nitrogens with one attached hydrogen (secondary N) is 3. The van der Waals surface area contributed by atoms with Gasteiger partial charge in [0.05, 0.1) is 6.54 Å². The van der Waals surface area contributed by atoms with Crippen LogP contribution in [0.3, 0.4) is 0 Å². The van der Waals surface area contributed by atoms with Crippen LogP contribution < -0.4 is 16.0 Å². The minimum Gasteiger partial charge on any atom is -0.370 e. The van der Waals surface area contributed by atoms with Crippen LogP contribution in [0, 0.1) is 5.92 Å². The molecule has 126 valence electrons. The highest BCUT2D eigenvalue weighted by atomic mass is 16.2. The molecule has 3 N–H and O–H groups in total. The molecule has 1 atom stereocenters. The maximum absolute atomic E-state index is 11.8. The molecule has 1 aliphatic rings. The van der Waals surface area contributed by atoms with Gasteiger partial charge in [0.25, 0.3) is 0 Å². The van der Waals surface area contributed by atoms with E-state index in [0.717, 1.165) is 31.9 Å². The van der Waals surface area contributed by atoms with Crippen molar-refractivity contribution >= 4 is 17.6 Å². The Labute approximate surface area is 136 Å². The maximum atomic E-state index is 11.8. The molecule has 1 aromatic rings. The van der Waals surface area contributed by atoms with Crippen LogP contribution in [0.25, 0.3) is 0 Å². The third-order valence-electron chi connectivity index (χ3n) is 3.80. The number of rotatable bonds is 8. The van der Waals surface area contributed by atoms with Crippen molar-refractivity contribution in [2.75, 3.05) is 44.6 Å². The third kappa shape index (κ3) is 6.65. The number of carbonyl (C=O) groups is 2. The van der Waals surface area contributed by atoms with Crippen LogP contribution in [0.5, 0.6) is 0 Å². The first-order valence-corrected chi connectivity index (χ1v) is 8.02. The van der Waals surface area contributed by atoms with E-state index in [-0.39, 0.29) is 11.8 Å². The second-order valence-electron chi connectivity index (χ2n) is 5.82. The molecule has 0 saturated carbocycles. The largest absolute Gasteiger partial charge is 0.370 e. The number of nitrogens with zero attached hydrogens (tertiary/aromatic N) is 2. The van der Waals surface area contributed by atoms with Crippen LogP contribution in [-0.2, 0) is 9.59 Å². The zero-order chi connectivity index (χ0) is 16.5. The molecule has 0 aromatic carbocycles. The van der Waals surface area contributed by atoms with Gasteiger partial charge in [-0.25, -0.2) is 4.98 Å². The summed E-state index contributed by atoms with van der Waals surface area (Å²) in [6, 6.07) is 5.81. The lowest BCUT2D eigenvalue weighted by atomic mass is 10.1. The quantitative estimate of drug-likeness (QED) is 0.590. The van der Waals surface area contributed by atoms with Crippen molar-refractivity contribution in [1.29, 1.82) is 0 Å². The average molecular weight is 319 g/mol. The first-order valence-electron chi connectivity index (χ1n) is 8.02. The molecule has 2 rings (SSSR count). The molecule has 7 heteroatoms. The Bertz CT molecular complexity index is 508. The summed E-state index contributed by atoms with van der Waals surface area (Å²) in [5.74, 6) is 1.35. The summed E-state index contributed by atoms with van der Waals surface area (Å²) < 4.78 is 0. The number of amides is 2. The lowest BCUT2D eigenvalue weighted by Crippen LogP contribution is -2.39.